The summed E-state index contributed by atoms with van der Waals surface area (Å²) in [6, 6.07) is 16.0. The van der Waals surface area contributed by atoms with Crippen molar-refractivity contribution < 1.29 is 9.59 Å². The molecule has 2 nitrogen and oxygen atoms in total. The third-order valence-corrected chi connectivity index (χ3v) is 5.64. The van der Waals surface area contributed by atoms with Crippen LogP contribution in [0.1, 0.15) is 93.7 Å². The van der Waals surface area contributed by atoms with E-state index < -0.39 is 0 Å². The second kappa shape index (κ2) is 7.66. The highest BCUT2D eigenvalue weighted by molar-refractivity contribution is 6.00. The third-order valence-electron chi connectivity index (χ3n) is 5.64. The summed E-state index contributed by atoms with van der Waals surface area (Å²) >= 11 is 0. The number of carbonyl (C=O) groups is 2. The summed E-state index contributed by atoms with van der Waals surface area (Å²) in [5.41, 5.74) is 2.91. The van der Waals surface area contributed by atoms with Gasteiger partial charge in [-0.3, -0.25) is 9.59 Å². The quantitative estimate of drug-likeness (QED) is 0.533. The first-order valence-electron chi connectivity index (χ1n) is 10.1. The van der Waals surface area contributed by atoms with E-state index in [1.807, 2.05) is 65.8 Å². The molecule has 150 valence electrons. The van der Waals surface area contributed by atoms with Gasteiger partial charge in [-0.05, 0) is 17.5 Å². The lowest BCUT2D eigenvalue weighted by Crippen LogP contribution is -2.24. The van der Waals surface area contributed by atoms with Gasteiger partial charge in [0.2, 0.25) is 0 Å². The number of hydrogen-bond acceptors (Lipinski definition) is 2. The van der Waals surface area contributed by atoms with E-state index in [2.05, 4.69) is 38.1 Å². The highest BCUT2D eigenvalue weighted by atomic mass is 16.1. The van der Waals surface area contributed by atoms with Gasteiger partial charge in [-0.1, -0.05) is 104 Å². The molecule has 0 radical (unpaired) electrons. The van der Waals surface area contributed by atoms with Crippen LogP contribution in [0.2, 0.25) is 0 Å². The normalized spacial score (nSPS) is 12.7. The Bertz CT molecular complexity index is 772. The predicted octanol–water partition coefficient (Wildman–Crippen LogP) is 6.86. The lowest BCUT2D eigenvalue weighted by Gasteiger charge is -2.30. The molecule has 0 bridgehead atoms. The second-order valence-corrected chi connectivity index (χ2v) is 10.00. The minimum absolute atomic E-state index is 0.155. The first-order valence-corrected chi connectivity index (χ1v) is 10.1. The summed E-state index contributed by atoms with van der Waals surface area (Å²) in [4.78, 5) is 25.0. The number of ketones is 2. The summed E-state index contributed by atoms with van der Waals surface area (Å²) < 4.78 is 0. The van der Waals surface area contributed by atoms with Crippen molar-refractivity contribution in [1.82, 2.24) is 0 Å². The molecular formula is C26H34O2. The lowest BCUT2D eigenvalue weighted by molar-refractivity contribution is 0.0852. The van der Waals surface area contributed by atoms with Crippen LogP contribution in [0.15, 0.2) is 48.5 Å². The van der Waals surface area contributed by atoms with E-state index in [0.717, 1.165) is 17.5 Å². The van der Waals surface area contributed by atoms with Crippen molar-refractivity contribution in [3.8, 4) is 0 Å². The number of Topliss-reactive ketones (excluding diaryl/α,β-unsaturated/α-hetero) is 2. The fourth-order valence-electron chi connectivity index (χ4n) is 3.42. The van der Waals surface area contributed by atoms with Gasteiger partial charge in [0.1, 0.15) is 0 Å². The molecule has 2 heteroatoms. The van der Waals surface area contributed by atoms with E-state index >= 15 is 0 Å². The Hall–Kier alpha value is -2.22. The van der Waals surface area contributed by atoms with Gasteiger partial charge in [-0.2, -0.15) is 0 Å². The number of hydrogen-bond donors (Lipinski definition) is 0. The van der Waals surface area contributed by atoms with E-state index in [9.17, 15) is 9.59 Å². The van der Waals surface area contributed by atoms with Gasteiger partial charge in [0.05, 0.1) is 0 Å². The minimum atomic E-state index is -0.384. The highest BCUT2D eigenvalue weighted by Gasteiger charge is 2.29. The van der Waals surface area contributed by atoms with Crippen LogP contribution in [0.4, 0.5) is 0 Å². The molecule has 0 aliphatic rings. The zero-order chi connectivity index (χ0) is 21.3. The summed E-state index contributed by atoms with van der Waals surface area (Å²) in [6.07, 6.45) is 0.923. The maximum Gasteiger partial charge on any atom is 0.168 e. The molecule has 0 atom stereocenters. The molecule has 2 aromatic rings. The fraction of sp³-hybridized carbons (Fsp3) is 0.462. The molecule has 0 fully saturated rings. The summed E-state index contributed by atoms with van der Waals surface area (Å²) in [6.45, 7) is 16.1. The Labute approximate surface area is 170 Å². The molecular weight excluding hydrogens is 344 g/mol. The first-order chi connectivity index (χ1) is 12.8. The standard InChI is InChI=1S/C26H34O2/c1-9-26(8,20-14-10-18(11-15-20)22(27)24(2,3)4)21-16-12-19(13-17-21)23(28)25(5,6)7/h10-17H,9H2,1-8H3. The molecule has 2 aromatic carbocycles. The third kappa shape index (κ3) is 4.43. The number of benzene rings is 2. The molecule has 0 aliphatic carbocycles. The van der Waals surface area contributed by atoms with Crippen LogP contribution in [-0.2, 0) is 5.41 Å². The molecule has 0 amide bonds. The molecule has 2 rings (SSSR count). The summed E-state index contributed by atoms with van der Waals surface area (Å²) in [5.74, 6) is 0.310. The van der Waals surface area contributed by atoms with Gasteiger partial charge in [0.15, 0.2) is 11.6 Å². The number of rotatable bonds is 5. The molecule has 0 N–H and O–H groups in total. The predicted molar refractivity (Wildman–Crippen MR) is 117 cm³/mol. The van der Waals surface area contributed by atoms with Crippen LogP contribution < -0.4 is 0 Å². The molecule has 0 heterocycles. The highest BCUT2D eigenvalue weighted by Crippen LogP contribution is 2.36. The van der Waals surface area contributed by atoms with Crippen molar-refractivity contribution >= 4 is 11.6 Å². The maximum atomic E-state index is 12.5. The van der Waals surface area contributed by atoms with Crippen molar-refractivity contribution in [2.75, 3.05) is 0 Å². The van der Waals surface area contributed by atoms with E-state index in [0.29, 0.717) is 0 Å². The monoisotopic (exact) mass is 378 g/mol. The van der Waals surface area contributed by atoms with Gasteiger partial charge in [0, 0.05) is 27.4 Å². The van der Waals surface area contributed by atoms with Gasteiger partial charge >= 0.3 is 0 Å². The largest absolute Gasteiger partial charge is 0.294 e. The topological polar surface area (TPSA) is 34.1 Å². The Balaban J connectivity index is 2.37. The average Bonchev–Trinajstić information content (AvgIpc) is 2.65. The van der Waals surface area contributed by atoms with Gasteiger partial charge in [-0.15, -0.1) is 0 Å². The van der Waals surface area contributed by atoms with Crippen molar-refractivity contribution in [1.29, 1.82) is 0 Å². The van der Waals surface area contributed by atoms with Crippen molar-refractivity contribution in [2.45, 2.75) is 67.2 Å². The van der Waals surface area contributed by atoms with E-state index in [1.165, 1.54) is 11.1 Å². The van der Waals surface area contributed by atoms with E-state index in [4.69, 9.17) is 0 Å². The van der Waals surface area contributed by atoms with Crippen LogP contribution in [0, 0.1) is 10.8 Å². The van der Waals surface area contributed by atoms with Crippen LogP contribution >= 0.6 is 0 Å². The summed E-state index contributed by atoms with van der Waals surface area (Å²) in [5, 5.41) is 0. The van der Waals surface area contributed by atoms with Crippen molar-refractivity contribution in [2.24, 2.45) is 10.8 Å². The Kier molecular flexibility index (Phi) is 6.04. The molecule has 0 aliphatic heterocycles. The smallest absolute Gasteiger partial charge is 0.168 e. The second-order valence-electron chi connectivity index (χ2n) is 10.00. The van der Waals surface area contributed by atoms with Gasteiger partial charge in [0.25, 0.3) is 0 Å². The zero-order valence-corrected chi connectivity index (χ0v) is 18.6. The number of carbonyl (C=O) groups excluding carboxylic acids is 2. The van der Waals surface area contributed by atoms with Crippen molar-refractivity contribution in [3.63, 3.8) is 0 Å². The Morgan fingerprint density at radius 1 is 0.607 bits per heavy atom. The van der Waals surface area contributed by atoms with Crippen LogP contribution in [0.5, 0.6) is 0 Å². The summed E-state index contributed by atoms with van der Waals surface area (Å²) in [7, 11) is 0. The minimum Gasteiger partial charge on any atom is -0.294 e. The van der Waals surface area contributed by atoms with Gasteiger partial charge < -0.3 is 0 Å². The van der Waals surface area contributed by atoms with E-state index in [1.54, 1.807) is 0 Å². The van der Waals surface area contributed by atoms with Crippen LogP contribution in [0.25, 0.3) is 0 Å². The molecule has 0 unspecified atom stereocenters. The van der Waals surface area contributed by atoms with Crippen LogP contribution in [0.3, 0.4) is 0 Å². The maximum absolute atomic E-state index is 12.5. The average molecular weight is 379 g/mol. The first kappa shape index (κ1) is 22.1. The molecule has 0 aromatic heterocycles. The van der Waals surface area contributed by atoms with Gasteiger partial charge in [-0.25, -0.2) is 0 Å². The molecule has 28 heavy (non-hydrogen) atoms. The SMILES string of the molecule is CCC(C)(c1ccc(C(=O)C(C)(C)C)cc1)c1ccc(C(=O)C(C)(C)C)cc1. The molecule has 0 spiro atoms. The van der Waals surface area contributed by atoms with Crippen LogP contribution in [-0.4, -0.2) is 11.6 Å². The molecule has 0 saturated carbocycles. The lowest BCUT2D eigenvalue weighted by atomic mass is 9.73. The van der Waals surface area contributed by atoms with Crippen molar-refractivity contribution in [3.05, 3.63) is 70.8 Å². The Morgan fingerprint density at radius 3 is 1.11 bits per heavy atom. The Morgan fingerprint density at radius 2 is 0.893 bits per heavy atom. The fourth-order valence-corrected chi connectivity index (χ4v) is 3.42. The molecule has 0 saturated heterocycles. The zero-order valence-electron chi connectivity index (χ0n) is 18.6. The van der Waals surface area contributed by atoms with E-state index in [-0.39, 0.29) is 27.8 Å².